The van der Waals surface area contributed by atoms with Crippen LogP contribution < -0.4 is 10.6 Å². The van der Waals surface area contributed by atoms with Crippen molar-refractivity contribution in [1.29, 1.82) is 0 Å². The molecule has 9 heteroatoms. The Hall–Kier alpha value is -1.71. The van der Waals surface area contributed by atoms with Crippen LogP contribution in [0.3, 0.4) is 0 Å². The highest BCUT2D eigenvalue weighted by Gasteiger charge is 2.11. The number of hydrogen-bond donors (Lipinski definition) is 2. The number of carbonyl (C=O) groups is 2. The highest BCUT2D eigenvalue weighted by Crippen LogP contribution is 2.23. The van der Waals surface area contributed by atoms with Crippen LogP contribution >= 0.6 is 35.3 Å². The summed E-state index contributed by atoms with van der Waals surface area (Å²) in [5.41, 5.74) is 0.879. The van der Waals surface area contributed by atoms with Crippen molar-refractivity contribution < 1.29 is 9.59 Å². The maximum Gasteiger partial charge on any atom is 0.321 e. The van der Waals surface area contributed by atoms with Gasteiger partial charge >= 0.3 is 6.03 Å². The highest BCUT2D eigenvalue weighted by atomic mass is 32.2. The van der Waals surface area contributed by atoms with Gasteiger partial charge in [0.25, 0.3) is 0 Å². The van der Waals surface area contributed by atoms with E-state index in [-0.39, 0.29) is 11.7 Å². The van der Waals surface area contributed by atoms with Crippen molar-refractivity contribution in [3.8, 4) is 5.69 Å². The van der Waals surface area contributed by atoms with Crippen molar-refractivity contribution in [2.45, 2.75) is 24.6 Å². The topological polar surface area (TPSA) is 76.0 Å². The summed E-state index contributed by atoms with van der Waals surface area (Å²) in [5, 5.41) is 9.39. The predicted octanol–water partition coefficient (Wildman–Crippen LogP) is 3.63. The quantitative estimate of drug-likeness (QED) is 0.552. The first-order valence-electron chi connectivity index (χ1n) is 7.81. The van der Waals surface area contributed by atoms with E-state index in [1.165, 1.54) is 23.1 Å². The number of para-hydroxylation sites is 1. The average Bonchev–Trinajstić information content (AvgIpc) is 2.94. The monoisotopic (exact) mass is 396 g/mol. The average molecular weight is 397 g/mol. The van der Waals surface area contributed by atoms with Crippen molar-refractivity contribution in [3.63, 3.8) is 0 Å². The molecule has 6 nitrogen and oxygen atoms in total. The molecular formula is C16H20N4O2S3. The summed E-state index contributed by atoms with van der Waals surface area (Å²) in [6.07, 6.45) is 0.872. The molecule has 0 aliphatic carbocycles. The molecule has 0 saturated carbocycles. The number of nitrogens with one attached hydrogen (secondary N) is 2. The van der Waals surface area contributed by atoms with Gasteiger partial charge in [0.05, 0.1) is 11.4 Å². The van der Waals surface area contributed by atoms with Gasteiger partial charge in [-0.1, -0.05) is 55.1 Å². The first-order valence-corrected chi connectivity index (χ1v) is 10.0. The highest BCUT2D eigenvalue weighted by molar-refractivity contribution is 8.01. The van der Waals surface area contributed by atoms with E-state index >= 15 is 0 Å². The van der Waals surface area contributed by atoms with Crippen molar-refractivity contribution in [2.75, 3.05) is 12.3 Å². The molecule has 0 unspecified atom stereocenters. The first kappa shape index (κ1) is 19.6. The Balaban J connectivity index is 1.82. The standard InChI is InChI=1S/C16H20N4O2S3/c1-11(2)8-9-17-14(22)18-13(21)10-24-15-19-20(16(23)25-15)12-6-4-3-5-7-12/h3-7,11H,8-10H2,1-2H3,(H2,17,18,21,22). The maximum atomic E-state index is 11.8. The summed E-state index contributed by atoms with van der Waals surface area (Å²) < 4.78 is 2.96. The van der Waals surface area contributed by atoms with Crippen molar-refractivity contribution in [3.05, 3.63) is 34.3 Å². The molecule has 25 heavy (non-hydrogen) atoms. The van der Waals surface area contributed by atoms with Crippen molar-refractivity contribution in [1.82, 2.24) is 20.4 Å². The third-order valence-corrected chi connectivity index (χ3v) is 5.48. The zero-order valence-corrected chi connectivity index (χ0v) is 16.5. The van der Waals surface area contributed by atoms with Crippen LogP contribution in [0.25, 0.3) is 5.69 Å². The van der Waals surface area contributed by atoms with Gasteiger partial charge < -0.3 is 5.32 Å². The second-order valence-electron chi connectivity index (χ2n) is 5.66. The fourth-order valence-corrected chi connectivity index (χ4v) is 4.02. The zero-order valence-electron chi connectivity index (χ0n) is 14.0. The molecule has 134 valence electrons. The number of nitrogens with zero attached hydrogens (tertiary/aromatic N) is 2. The van der Waals surface area contributed by atoms with Gasteiger partial charge in [0.15, 0.2) is 8.29 Å². The van der Waals surface area contributed by atoms with Crippen LogP contribution in [0.5, 0.6) is 0 Å². The third-order valence-electron chi connectivity index (χ3n) is 3.12. The molecule has 2 rings (SSSR count). The SMILES string of the molecule is CC(C)CCNC(=O)NC(=O)CSc1nn(-c2ccccc2)c(=S)s1. The van der Waals surface area contributed by atoms with E-state index in [0.29, 0.717) is 20.8 Å². The molecule has 0 aliphatic rings. The number of hydrogen-bond acceptors (Lipinski definition) is 6. The molecule has 2 aromatic rings. The number of aromatic nitrogens is 2. The Labute approximate surface area is 160 Å². The minimum Gasteiger partial charge on any atom is -0.338 e. The van der Waals surface area contributed by atoms with Crippen LogP contribution in [-0.4, -0.2) is 34.0 Å². The number of amides is 3. The summed E-state index contributed by atoms with van der Waals surface area (Å²) in [5.74, 6) is 0.245. The van der Waals surface area contributed by atoms with E-state index in [4.69, 9.17) is 12.2 Å². The fraction of sp³-hybridized carbons (Fsp3) is 0.375. The summed E-state index contributed by atoms with van der Waals surface area (Å²) in [6.45, 7) is 4.70. The van der Waals surface area contributed by atoms with E-state index < -0.39 is 6.03 Å². The summed E-state index contributed by atoms with van der Waals surface area (Å²) in [4.78, 5) is 23.4. The van der Waals surface area contributed by atoms with E-state index in [1.54, 1.807) is 4.68 Å². The van der Waals surface area contributed by atoms with Gasteiger partial charge in [0.1, 0.15) is 0 Å². The van der Waals surface area contributed by atoms with Gasteiger partial charge in [-0.15, -0.1) is 5.10 Å². The second kappa shape index (κ2) is 9.69. The second-order valence-corrected chi connectivity index (χ2v) is 8.50. The summed E-state index contributed by atoms with van der Waals surface area (Å²) >= 11 is 7.91. The van der Waals surface area contributed by atoms with Gasteiger partial charge in [-0.05, 0) is 36.7 Å². The van der Waals surface area contributed by atoms with E-state index in [0.717, 1.165) is 12.1 Å². The number of carbonyl (C=O) groups excluding carboxylic acids is 2. The van der Waals surface area contributed by atoms with Crippen LogP contribution in [0.1, 0.15) is 20.3 Å². The molecular weight excluding hydrogens is 376 g/mol. The molecule has 0 spiro atoms. The Morgan fingerprint density at radius 1 is 1.32 bits per heavy atom. The lowest BCUT2D eigenvalue weighted by Gasteiger charge is -2.07. The van der Waals surface area contributed by atoms with Gasteiger partial charge in [-0.2, -0.15) is 0 Å². The van der Waals surface area contributed by atoms with Gasteiger partial charge in [-0.3, -0.25) is 10.1 Å². The lowest BCUT2D eigenvalue weighted by Crippen LogP contribution is -2.40. The third kappa shape index (κ3) is 6.60. The molecule has 1 heterocycles. The lowest BCUT2D eigenvalue weighted by atomic mass is 10.1. The maximum absolute atomic E-state index is 11.8. The summed E-state index contributed by atoms with van der Waals surface area (Å²) in [6, 6.07) is 9.11. The lowest BCUT2D eigenvalue weighted by molar-refractivity contribution is -0.117. The minimum absolute atomic E-state index is 0.106. The number of thioether (sulfide) groups is 1. The number of urea groups is 1. The molecule has 0 fully saturated rings. The Morgan fingerprint density at radius 3 is 2.72 bits per heavy atom. The molecule has 0 radical (unpaired) electrons. The molecule has 1 aromatic heterocycles. The van der Waals surface area contributed by atoms with Crippen LogP contribution in [0.15, 0.2) is 34.7 Å². The Bertz CT molecular complexity index is 771. The van der Waals surface area contributed by atoms with Crippen LogP contribution in [0, 0.1) is 9.87 Å². The smallest absolute Gasteiger partial charge is 0.321 e. The minimum atomic E-state index is -0.464. The van der Waals surface area contributed by atoms with Crippen LogP contribution in [0.2, 0.25) is 0 Å². The van der Waals surface area contributed by atoms with Gasteiger partial charge in [0.2, 0.25) is 5.91 Å². The van der Waals surface area contributed by atoms with Crippen molar-refractivity contribution in [2.24, 2.45) is 5.92 Å². The predicted molar refractivity (Wildman–Crippen MR) is 104 cm³/mol. The van der Waals surface area contributed by atoms with Gasteiger partial charge in [-0.25, -0.2) is 9.48 Å². The first-order chi connectivity index (χ1) is 12.0. The molecule has 2 N–H and O–H groups in total. The van der Waals surface area contributed by atoms with E-state index in [2.05, 4.69) is 29.6 Å². The number of imide groups is 1. The Morgan fingerprint density at radius 2 is 2.04 bits per heavy atom. The van der Waals surface area contributed by atoms with Crippen LogP contribution in [-0.2, 0) is 4.79 Å². The fourth-order valence-electron chi connectivity index (χ4n) is 1.86. The molecule has 3 amide bonds. The zero-order chi connectivity index (χ0) is 18.2. The van der Waals surface area contributed by atoms with Crippen molar-refractivity contribution >= 4 is 47.3 Å². The Kier molecular flexibility index (Phi) is 7.60. The molecule has 0 aliphatic heterocycles. The molecule has 0 saturated heterocycles. The van der Waals surface area contributed by atoms with E-state index in [9.17, 15) is 9.59 Å². The summed E-state index contributed by atoms with van der Waals surface area (Å²) in [7, 11) is 0. The molecule has 1 aromatic carbocycles. The van der Waals surface area contributed by atoms with Gasteiger partial charge in [0, 0.05) is 6.54 Å². The largest absolute Gasteiger partial charge is 0.338 e. The molecule has 0 bridgehead atoms. The normalized spacial score (nSPS) is 10.7. The number of benzene rings is 1. The molecule has 0 atom stereocenters. The van der Waals surface area contributed by atoms with Crippen LogP contribution in [0.4, 0.5) is 4.79 Å². The number of rotatable bonds is 7. The van der Waals surface area contributed by atoms with E-state index in [1.807, 2.05) is 30.3 Å².